The lowest BCUT2D eigenvalue weighted by molar-refractivity contribution is 1.16. The summed E-state index contributed by atoms with van der Waals surface area (Å²) in [5.41, 5.74) is 0.890. The number of nitrogens with zero attached hydrogens (tertiary/aromatic N) is 3. The van der Waals surface area contributed by atoms with Crippen LogP contribution in [0.4, 0.5) is 5.82 Å². The first-order valence-electron chi connectivity index (χ1n) is 3.41. The SMILES string of the molecule is N#CC1C=Nc2nc(Br)ccc21. The van der Waals surface area contributed by atoms with Crippen molar-refractivity contribution in [2.75, 3.05) is 0 Å². The molecule has 2 rings (SSSR count). The van der Waals surface area contributed by atoms with Crippen molar-refractivity contribution in [3.8, 4) is 6.07 Å². The van der Waals surface area contributed by atoms with Gasteiger partial charge in [-0.05, 0) is 22.0 Å². The van der Waals surface area contributed by atoms with E-state index < -0.39 is 0 Å². The molecule has 0 fully saturated rings. The fraction of sp³-hybridized carbons (Fsp3) is 0.125. The first-order valence-corrected chi connectivity index (χ1v) is 4.21. The number of pyridine rings is 1. The summed E-state index contributed by atoms with van der Waals surface area (Å²) in [6.07, 6.45) is 1.62. The zero-order valence-corrected chi connectivity index (χ0v) is 7.62. The van der Waals surface area contributed by atoms with E-state index in [2.05, 4.69) is 32.0 Å². The molecule has 1 aromatic heterocycles. The lowest BCUT2D eigenvalue weighted by Crippen LogP contribution is -1.91. The summed E-state index contributed by atoms with van der Waals surface area (Å²) in [5, 5.41) is 8.70. The van der Waals surface area contributed by atoms with Crippen molar-refractivity contribution in [3.63, 3.8) is 0 Å². The predicted molar refractivity (Wildman–Crippen MR) is 48.4 cm³/mol. The Kier molecular flexibility index (Phi) is 1.66. The van der Waals surface area contributed by atoms with Crippen LogP contribution < -0.4 is 0 Å². The lowest BCUT2D eigenvalue weighted by atomic mass is 10.1. The van der Waals surface area contributed by atoms with Crippen LogP contribution in [-0.2, 0) is 0 Å². The Balaban J connectivity index is 2.55. The standard InChI is InChI=1S/C8H4BrN3/c9-7-2-1-6-5(3-10)4-11-8(6)12-7/h1-2,4-5H. The zero-order chi connectivity index (χ0) is 8.55. The van der Waals surface area contributed by atoms with Crippen molar-refractivity contribution in [3.05, 3.63) is 22.3 Å². The van der Waals surface area contributed by atoms with Gasteiger partial charge in [0, 0.05) is 11.8 Å². The maximum absolute atomic E-state index is 8.70. The molecule has 1 aromatic rings. The molecule has 0 spiro atoms. The van der Waals surface area contributed by atoms with E-state index in [1.807, 2.05) is 12.1 Å². The van der Waals surface area contributed by atoms with Crippen molar-refractivity contribution in [1.29, 1.82) is 5.26 Å². The fourth-order valence-corrected chi connectivity index (χ4v) is 1.41. The maximum Gasteiger partial charge on any atom is 0.157 e. The van der Waals surface area contributed by atoms with Gasteiger partial charge < -0.3 is 0 Å². The number of aromatic nitrogens is 1. The quantitative estimate of drug-likeness (QED) is 0.631. The van der Waals surface area contributed by atoms with Crippen molar-refractivity contribution in [2.45, 2.75) is 5.92 Å². The Bertz CT molecular complexity index is 392. The second-order valence-corrected chi connectivity index (χ2v) is 3.24. The summed E-state index contributed by atoms with van der Waals surface area (Å²) in [6.45, 7) is 0. The van der Waals surface area contributed by atoms with E-state index in [9.17, 15) is 0 Å². The molecule has 1 atom stereocenters. The average molecular weight is 222 g/mol. The van der Waals surface area contributed by atoms with Crippen LogP contribution in [0.3, 0.4) is 0 Å². The zero-order valence-electron chi connectivity index (χ0n) is 6.03. The van der Waals surface area contributed by atoms with Gasteiger partial charge in [-0.3, -0.25) is 0 Å². The van der Waals surface area contributed by atoms with Crippen LogP contribution in [0, 0.1) is 11.3 Å². The second kappa shape index (κ2) is 2.68. The normalized spacial score (nSPS) is 18.8. The molecular formula is C8H4BrN3. The molecule has 4 heteroatoms. The molecule has 0 amide bonds. The van der Waals surface area contributed by atoms with Gasteiger partial charge in [0.25, 0.3) is 0 Å². The van der Waals surface area contributed by atoms with E-state index in [1.165, 1.54) is 0 Å². The first kappa shape index (κ1) is 7.44. The molecule has 2 heterocycles. The first-order chi connectivity index (χ1) is 5.81. The Labute approximate surface area is 77.9 Å². The van der Waals surface area contributed by atoms with E-state index in [0.717, 1.165) is 10.2 Å². The van der Waals surface area contributed by atoms with Gasteiger partial charge in [0.1, 0.15) is 10.5 Å². The van der Waals surface area contributed by atoms with E-state index in [4.69, 9.17) is 5.26 Å². The molecule has 1 aliphatic heterocycles. The van der Waals surface area contributed by atoms with Crippen LogP contribution in [-0.4, -0.2) is 11.2 Å². The molecule has 0 aromatic carbocycles. The Morgan fingerprint density at radius 2 is 2.33 bits per heavy atom. The summed E-state index contributed by atoms with van der Waals surface area (Å²) in [5.74, 6) is 0.427. The summed E-state index contributed by atoms with van der Waals surface area (Å²) < 4.78 is 0.747. The third-order valence-electron chi connectivity index (χ3n) is 1.69. The highest BCUT2D eigenvalue weighted by atomic mass is 79.9. The third kappa shape index (κ3) is 1.03. The Morgan fingerprint density at radius 3 is 3.08 bits per heavy atom. The molecular weight excluding hydrogens is 218 g/mol. The van der Waals surface area contributed by atoms with E-state index in [1.54, 1.807) is 6.21 Å². The minimum atomic E-state index is -0.222. The molecule has 0 N–H and O–H groups in total. The molecule has 0 radical (unpaired) electrons. The van der Waals surface area contributed by atoms with Gasteiger partial charge in [-0.15, -0.1) is 0 Å². The van der Waals surface area contributed by atoms with Crippen LogP contribution in [0.5, 0.6) is 0 Å². The third-order valence-corrected chi connectivity index (χ3v) is 2.13. The number of rotatable bonds is 0. The molecule has 0 aliphatic carbocycles. The van der Waals surface area contributed by atoms with Crippen LogP contribution in [0.15, 0.2) is 21.7 Å². The van der Waals surface area contributed by atoms with Gasteiger partial charge >= 0.3 is 0 Å². The Hall–Kier alpha value is -1.21. The van der Waals surface area contributed by atoms with Crippen LogP contribution in [0.2, 0.25) is 0 Å². The highest BCUT2D eigenvalue weighted by Crippen LogP contribution is 2.30. The van der Waals surface area contributed by atoms with E-state index in [-0.39, 0.29) is 5.92 Å². The van der Waals surface area contributed by atoms with E-state index >= 15 is 0 Å². The maximum atomic E-state index is 8.70. The molecule has 3 nitrogen and oxygen atoms in total. The summed E-state index contributed by atoms with van der Waals surface area (Å²) in [6, 6.07) is 5.82. The largest absolute Gasteiger partial charge is 0.240 e. The predicted octanol–water partition coefficient (Wildman–Crippen LogP) is 2.17. The minimum Gasteiger partial charge on any atom is -0.240 e. The molecule has 0 saturated heterocycles. The topological polar surface area (TPSA) is 49.0 Å². The number of halogens is 1. The molecule has 0 saturated carbocycles. The number of fused-ring (bicyclic) bond motifs is 1. The van der Waals surface area contributed by atoms with Crippen molar-refractivity contribution in [1.82, 2.24) is 4.98 Å². The summed E-state index contributed by atoms with van der Waals surface area (Å²) in [4.78, 5) is 8.14. The van der Waals surface area contributed by atoms with Gasteiger partial charge in [-0.25, -0.2) is 9.98 Å². The fourth-order valence-electron chi connectivity index (χ4n) is 1.11. The van der Waals surface area contributed by atoms with Gasteiger partial charge in [0.15, 0.2) is 5.82 Å². The lowest BCUT2D eigenvalue weighted by Gasteiger charge is -1.98. The molecule has 1 aliphatic rings. The smallest absolute Gasteiger partial charge is 0.157 e. The van der Waals surface area contributed by atoms with Crippen molar-refractivity contribution in [2.24, 2.45) is 4.99 Å². The number of nitriles is 1. The molecule has 58 valence electrons. The van der Waals surface area contributed by atoms with Crippen LogP contribution in [0.25, 0.3) is 0 Å². The van der Waals surface area contributed by atoms with Crippen molar-refractivity contribution >= 4 is 28.0 Å². The second-order valence-electron chi connectivity index (χ2n) is 2.43. The highest BCUT2D eigenvalue weighted by molar-refractivity contribution is 9.10. The summed E-state index contributed by atoms with van der Waals surface area (Å²) in [7, 11) is 0. The van der Waals surface area contributed by atoms with E-state index in [0.29, 0.717) is 5.82 Å². The minimum absolute atomic E-state index is 0.222. The van der Waals surface area contributed by atoms with Gasteiger partial charge in [0.05, 0.1) is 6.07 Å². The number of hydrogen-bond acceptors (Lipinski definition) is 3. The van der Waals surface area contributed by atoms with Gasteiger partial charge in [0.2, 0.25) is 0 Å². The number of aliphatic imine (C=N–C) groups is 1. The van der Waals surface area contributed by atoms with Crippen LogP contribution in [0.1, 0.15) is 11.5 Å². The van der Waals surface area contributed by atoms with Gasteiger partial charge in [-0.2, -0.15) is 5.26 Å². The Morgan fingerprint density at radius 1 is 1.50 bits per heavy atom. The molecule has 1 unspecified atom stereocenters. The molecule has 12 heavy (non-hydrogen) atoms. The van der Waals surface area contributed by atoms with Crippen molar-refractivity contribution < 1.29 is 0 Å². The van der Waals surface area contributed by atoms with Gasteiger partial charge in [-0.1, -0.05) is 6.07 Å². The summed E-state index contributed by atoms with van der Waals surface area (Å²) >= 11 is 3.24. The van der Waals surface area contributed by atoms with Crippen LogP contribution >= 0.6 is 15.9 Å². The highest BCUT2D eigenvalue weighted by Gasteiger charge is 2.18. The monoisotopic (exact) mass is 221 g/mol. The average Bonchev–Trinajstić information content (AvgIpc) is 2.46. The molecule has 0 bridgehead atoms. The number of hydrogen-bond donors (Lipinski definition) is 0.